The Morgan fingerprint density at radius 3 is 2.66 bits per heavy atom. The fourth-order valence-electron chi connectivity index (χ4n) is 3.15. The molecule has 1 aromatic carbocycles. The van der Waals surface area contributed by atoms with Gasteiger partial charge in [-0.3, -0.25) is 4.79 Å². The van der Waals surface area contributed by atoms with Crippen molar-refractivity contribution in [3.05, 3.63) is 59.5 Å². The van der Waals surface area contributed by atoms with E-state index in [2.05, 4.69) is 15.2 Å². The second-order valence-corrected chi connectivity index (χ2v) is 6.43. The summed E-state index contributed by atoms with van der Waals surface area (Å²) in [7, 11) is 0. The maximum absolute atomic E-state index is 13.8. The van der Waals surface area contributed by atoms with Gasteiger partial charge in [-0.15, -0.1) is 0 Å². The van der Waals surface area contributed by atoms with E-state index in [1.807, 2.05) is 0 Å². The Morgan fingerprint density at radius 2 is 2.00 bits per heavy atom. The number of aromatic nitrogens is 4. The number of ether oxygens (including phenoxy) is 1. The summed E-state index contributed by atoms with van der Waals surface area (Å²) in [6, 6.07) is 7.84. The van der Waals surface area contributed by atoms with Crippen molar-refractivity contribution in [2.24, 2.45) is 0 Å². The molecule has 4 rings (SSSR count). The summed E-state index contributed by atoms with van der Waals surface area (Å²) in [6.45, 7) is 1.89. The average Bonchev–Trinajstić information content (AvgIpc) is 3.35. The van der Waals surface area contributed by atoms with Gasteiger partial charge in [-0.05, 0) is 12.1 Å². The van der Waals surface area contributed by atoms with Gasteiger partial charge in [0.25, 0.3) is 5.91 Å². The molecule has 0 aliphatic carbocycles. The van der Waals surface area contributed by atoms with Crippen molar-refractivity contribution in [2.75, 3.05) is 19.7 Å². The number of carbonyl (C=O) groups excluding carboxylic acids is 1. The van der Waals surface area contributed by atoms with Crippen LogP contribution in [0.3, 0.4) is 0 Å². The second-order valence-electron chi connectivity index (χ2n) is 6.43. The third-order valence-corrected chi connectivity index (χ3v) is 4.45. The van der Waals surface area contributed by atoms with Gasteiger partial charge in [-0.25, -0.2) is 4.68 Å². The highest BCUT2D eigenvalue weighted by atomic mass is 19.4. The molecule has 1 fully saturated rings. The number of morpholine rings is 1. The molecule has 3 aromatic rings. The van der Waals surface area contributed by atoms with Crippen molar-refractivity contribution in [3.63, 3.8) is 0 Å². The first kappa shape index (κ1) is 19.1. The van der Waals surface area contributed by atoms with Gasteiger partial charge in [-0.1, -0.05) is 23.4 Å². The number of carbonyl (C=O) groups is 1. The van der Waals surface area contributed by atoms with Crippen LogP contribution in [0.4, 0.5) is 13.2 Å². The molecule has 11 heteroatoms. The van der Waals surface area contributed by atoms with Crippen LogP contribution in [0.2, 0.25) is 0 Å². The van der Waals surface area contributed by atoms with Crippen LogP contribution in [0.15, 0.2) is 41.1 Å². The van der Waals surface area contributed by atoms with Crippen LogP contribution in [0, 0.1) is 6.92 Å². The van der Waals surface area contributed by atoms with Gasteiger partial charge in [-0.2, -0.15) is 23.3 Å². The van der Waals surface area contributed by atoms with Crippen LogP contribution in [0.1, 0.15) is 33.9 Å². The van der Waals surface area contributed by atoms with Crippen molar-refractivity contribution in [3.8, 4) is 5.69 Å². The van der Waals surface area contributed by atoms with Crippen molar-refractivity contribution in [1.82, 2.24) is 24.8 Å². The van der Waals surface area contributed by atoms with Gasteiger partial charge < -0.3 is 14.2 Å². The van der Waals surface area contributed by atoms with Gasteiger partial charge in [0.05, 0.1) is 30.6 Å². The molecule has 0 N–H and O–H groups in total. The third-order valence-electron chi connectivity index (χ3n) is 4.45. The number of para-hydroxylation sites is 1. The summed E-state index contributed by atoms with van der Waals surface area (Å²) < 4.78 is 52.6. The van der Waals surface area contributed by atoms with E-state index in [-0.39, 0.29) is 31.2 Å². The minimum atomic E-state index is -4.77. The Balaban J connectivity index is 1.65. The van der Waals surface area contributed by atoms with Crippen LogP contribution < -0.4 is 0 Å². The van der Waals surface area contributed by atoms with Gasteiger partial charge >= 0.3 is 6.18 Å². The van der Waals surface area contributed by atoms with E-state index in [0.29, 0.717) is 5.89 Å². The Labute approximate surface area is 162 Å². The first-order valence-corrected chi connectivity index (χ1v) is 8.76. The molecular weight excluding hydrogens is 391 g/mol. The van der Waals surface area contributed by atoms with Gasteiger partial charge in [0.2, 0.25) is 11.7 Å². The quantitative estimate of drug-likeness (QED) is 0.664. The zero-order valence-electron chi connectivity index (χ0n) is 15.3. The van der Waals surface area contributed by atoms with E-state index in [1.54, 1.807) is 25.1 Å². The molecule has 152 valence electrons. The largest absolute Gasteiger partial charge is 0.434 e. The maximum atomic E-state index is 13.8. The topological polar surface area (TPSA) is 86.3 Å². The van der Waals surface area contributed by atoms with Crippen molar-refractivity contribution in [2.45, 2.75) is 19.2 Å². The van der Waals surface area contributed by atoms with Crippen LogP contribution in [0.5, 0.6) is 0 Å². The van der Waals surface area contributed by atoms with E-state index < -0.39 is 29.4 Å². The Hall–Kier alpha value is -3.21. The molecule has 2 aromatic heterocycles. The zero-order valence-corrected chi connectivity index (χ0v) is 15.3. The number of amides is 1. The number of alkyl halides is 3. The van der Waals surface area contributed by atoms with Gasteiger partial charge in [0, 0.05) is 13.5 Å². The minimum absolute atomic E-state index is 0.00558. The number of halogens is 3. The van der Waals surface area contributed by atoms with Crippen LogP contribution in [0.25, 0.3) is 5.69 Å². The second kappa shape index (κ2) is 7.32. The number of aryl methyl sites for hydroxylation is 1. The lowest BCUT2D eigenvalue weighted by Gasteiger charge is -2.31. The van der Waals surface area contributed by atoms with Crippen molar-refractivity contribution >= 4 is 5.91 Å². The molecule has 1 saturated heterocycles. The lowest BCUT2D eigenvalue weighted by Crippen LogP contribution is -2.43. The molecule has 1 amide bonds. The fraction of sp³-hybridized carbons (Fsp3) is 0.333. The average molecular weight is 407 g/mol. The van der Waals surface area contributed by atoms with Gasteiger partial charge in [0.15, 0.2) is 5.69 Å². The Kier molecular flexibility index (Phi) is 4.82. The normalized spacial score (nSPS) is 17.5. The molecular formula is C18H16F3N5O3. The molecule has 0 spiro atoms. The molecule has 1 atom stereocenters. The lowest BCUT2D eigenvalue weighted by atomic mass is 10.1. The van der Waals surface area contributed by atoms with E-state index in [0.717, 1.165) is 10.9 Å². The third kappa shape index (κ3) is 3.73. The van der Waals surface area contributed by atoms with Crippen molar-refractivity contribution < 1.29 is 27.2 Å². The van der Waals surface area contributed by atoms with E-state index >= 15 is 0 Å². The van der Waals surface area contributed by atoms with Gasteiger partial charge in [0.1, 0.15) is 6.10 Å². The number of rotatable bonds is 3. The van der Waals surface area contributed by atoms with Crippen LogP contribution in [-0.2, 0) is 10.9 Å². The summed E-state index contributed by atoms with van der Waals surface area (Å²) in [5.41, 5.74) is -1.43. The Bertz CT molecular complexity index is 1020. The lowest BCUT2D eigenvalue weighted by molar-refractivity contribution is -0.143. The predicted octanol–water partition coefficient (Wildman–Crippen LogP) is 2.80. The first-order chi connectivity index (χ1) is 13.8. The molecule has 1 aliphatic rings. The van der Waals surface area contributed by atoms with E-state index in [1.165, 1.54) is 17.0 Å². The monoisotopic (exact) mass is 407 g/mol. The minimum Gasteiger partial charge on any atom is -0.366 e. The molecule has 0 radical (unpaired) electrons. The molecule has 8 nitrogen and oxygen atoms in total. The number of benzene rings is 1. The summed E-state index contributed by atoms with van der Waals surface area (Å²) >= 11 is 0. The number of hydrogen-bond acceptors (Lipinski definition) is 6. The summed E-state index contributed by atoms with van der Waals surface area (Å²) in [6.07, 6.45) is -4.50. The highest BCUT2D eigenvalue weighted by molar-refractivity contribution is 5.95. The standard InChI is InChI=1S/C18H16F3N5O3/c1-11-23-16(24-29-11)14-10-25(7-8-28-14)17(27)13-9-22-26(15(13)18(19,20)21)12-5-3-2-4-6-12/h2-6,9,14H,7-8,10H2,1H3. The van der Waals surface area contributed by atoms with E-state index in [9.17, 15) is 18.0 Å². The zero-order chi connectivity index (χ0) is 20.6. The maximum Gasteiger partial charge on any atom is 0.434 e. The molecule has 0 bridgehead atoms. The highest BCUT2D eigenvalue weighted by Gasteiger charge is 2.42. The fourth-order valence-corrected chi connectivity index (χ4v) is 3.15. The summed E-state index contributed by atoms with van der Waals surface area (Å²) in [4.78, 5) is 18.3. The van der Waals surface area contributed by atoms with Crippen LogP contribution in [-0.4, -0.2) is 50.4 Å². The molecule has 3 heterocycles. The summed E-state index contributed by atoms with van der Waals surface area (Å²) in [5.74, 6) is -0.209. The van der Waals surface area contributed by atoms with Crippen LogP contribution >= 0.6 is 0 Å². The SMILES string of the molecule is Cc1nc(C2CN(C(=O)c3cnn(-c4ccccc4)c3C(F)(F)F)CCO2)no1. The molecule has 29 heavy (non-hydrogen) atoms. The van der Waals surface area contributed by atoms with E-state index in [4.69, 9.17) is 9.26 Å². The Morgan fingerprint density at radius 1 is 1.24 bits per heavy atom. The number of nitrogens with zero attached hydrogens (tertiary/aromatic N) is 5. The first-order valence-electron chi connectivity index (χ1n) is 8.76. The molecule has 0 saturated carbocycles. The number of hydrogen-bond donors (Lipinski definition) is 0. The summed E-state index contributed by atoms with van der Waals surface area (Å²) in [5, 5.41) is 7.59. The predicted molar refractivity (Wildman–Crippen MR) is 92.2 cm³/mol. The molecule has 1 aliphatic heterocycles. The van der Waals surface area contributed by atoms with Crippen molar-refractivity contribution in [1.29, 1.82) is 0 Å². The molecule has 1 unspecified atom stereocenters. The highest BCUT2D eigenvalue weighted by Crippen LogP contribution is 2.34. The smallest absolute Gasteiger partial charge is 0.366 e.